The fourth-order valence-corrected chi connectivity index (χ4v) is 3.82. The number of rotatable bonds is 6. The van der Waals surface area contributed by atoms with E-state index >= 15 is 0 Å². The normalized spacial score (nSPS) is 17.5. The molecule has 3 rings (SSSR count). The lowest BCUT2D eigenvalue weighted by atomic mass is 9.97. The summed E-state index contributed by atoms with van der Waals surface area (Å²) in [4.78, 5) is 16.8. The summed E-state index contributed by atoms with van der Waals surface area (Å²) >= 11 is 1.37. The van der Waals surface area contributed by atoms with Crippen molar-refractivity contribution in [3.05, 3.63) is 47.8 Å². The maximum absolute atomic E-state index is 12.0. The molecule has 0 fully saturated rings. The van der Waals surface area contributed by atoms with Crippen molar-refractivity contribution in [2.24, 2.45) is 0 Å². The van der Waals surface area contributed by atoms with Crippen molar-refractivity contribution in [3.8, 4) is 0 Å². The Morgan fingerprint density at radius 3 is 2.27 bits per heavy atom. The quantitative estimate of drug-likeness (QED) is 0.770. The Hall–Kier alpha value is -2.21. The molecule has 0 aromatic carbocycles. The fraction of sp³-hybridized carbons (Fsp3) is 0.400. The van der Waals surface area contributed by atoms with Crippen LogP contribution in [0, 0.1) is 0 Å². The molecule has 2 aliphatic rings. The van der Waals surface area contributed by atoms with Crippen molar-refractivity contribution >= 4 is 28.8 Å². The summed E-state index contributed by atoms with van der Waals surface area (Å²) in [7, 11) is 1.65. The lowest BCUT2D eigenvalue weighted by Gasteiger charge is -2.15. The molecule has 0 saturated carbocycles. The van der Waals surface area contributed by atoms with Gasteiger partial charge in [-0.1, -0.05) is 55.1 Å². The van der Waals surface area contributed by atoms with Gasteiger partial charge in [0, 0.05) is 7.05 Å². The average Bonchev–Trinajstić information content (AvgIpc) is 2.72. The number of aromatic nitrogens is 3. The first-order valence-electron chi connectivity index (χ1n) is 9.10. The molecule has 5 nitrogen and oxygen atoms in total. The molecule has 1 atom stereocenters. The summed E-state index contributed by atoms with van der Waals surface area (Å²) in [6.07, 6.45) is 17.7. The SMILES string of the molecule is CCC(Sc1nnc(C2=CCCC=C2)c(C2=CCCC=C2)n1)C(=O)NC. The van der Waals surface area contributed by atoms with Gasteiger partial charge in [-0.05, 0) is 43.3 Å². The lowest BCUT2D eigenvalue weighted by Crippen LogP contribution is -2.29. The summed E-state index contributed by atoms with van der Waals surface area (Å²) < 4.78 is 0. The molecule has 0 saturated heterocycles. The molecule has 2 aliphatic carbocycles. The first-order chi connectivity index (χ1) is 12.7. The molecule has 136 valence electrons. The topological polar surface area (TPSA) is 67.8 Å². The van der Waals surface area contributed by atoms with Crippen LogP contribution in [-0.4, -0.2) is 33.4 Å². The zero-order valence-electron chi connectivity index (χ0n) is 15.2. The summed E-state index contributed by atoms with van der Waals surface area (Å²) in [6, 6.07) is 0. The third kappa shape index (κ3) is 4.30. The van der Waals surface area contributed by atoms with Crippen molar-refractivity contribution in [2.75, 3.05) is 7.05 Å². The van der Waals surface area contributed by atoms with Crippen LogP contribution in [0.3, 0.4) is 0 Å². The Balaban J connectivity index is 1.97. The van der Waals surface area contributed by atoms with Crippen LogP contribution in [0.2, 0.25) is 0 Å². The van der Waals surface area contributed by atoms with E-state index < -0.39 is 0 Å². The number of nitrogens with one attached hydrogen (secondary N) is 1. The minimum Gasteiger partial charge on any atom is -0.358 e. The van der Waals surface area contributed by atoms with Crippen molar-refractivity contribution in [2.45, 2.75) is 49.4 Å². The Morgan fingerprint density at radius 2 is 1.73 bits per heavy atom. The minimum absolute atomic E-state index is 0.0126. The fourth-order valence-electron chi connectivity index (χ4n) is 2.95. The molecule has 1 aromatic heterocycles. The highest BCUT2D eigenvalue weighted by Gasteiger charge is 2.21. The number of hydrogen-bond donors (Lipinski definition) is 1. The van der Waals surface area contributed by atoms with Crippen molar-refractivity contribution in [1.82, 2.24) is 20.5 Å². The minimum atomic E-state index is -0.217. The van der Waals surface area contributed by atoms with Crippen LogP contribution in [0.1, 0.15) is 50.4 Å². The van der Waals surface area contributed by atoms with Crippen molar-refractivity contribution in [3.63, 3.8) is 0 Å². The van der Waals surface area contributed by atoms with Gasteiger partial charge in [0.25, 0.3) is 0 Å². The molecule has 0 bridgehead atoms. The zero-order valence-corrected chi connectivity index (χ0v) is 16.1. The Bertz CT molecular complexity index is 795. The van der Waals surface area contributed by atoms with E-state index in [1.54, 1.807) is 7.05 Å². The van der Waals surface area contributed by atoms with Gasteiger partial charge in [-0.15, -0.1) is 10.2 Å². The highest BCUT2D eigenvalue weighted by Crippen LogP contribution is 2.31. The number of carbonyl (C=O) groups is 1. The summed E-state index contributed by atoms with van der Waals surface area (Å²) in [5.74, 6) is -0.0126. The maximum Gasteiger partial charge on any atom is 0.233 e. The molecule has 0 radical (unpaired) electrons. The molecule has 0 aliphatic heterocycles. The van der Waals surface area contributed by atoms with E-state index in [0.717, 1.165) is 48.2 Å². The van der Waals surface area contributed by atoms with Crippen LogP contribution in [0.25, 0.3) is 11.1 Å². The van der Waals surface area contributed by atoms with Crippen LogP contribution >= 0.6 is 11.8 Å². The van der Waals surface area contributed by atoms with E-state index in [1.807, 2.05) is 6.92 Å². The second-order valence-electron chi connectivity index (χ2n) is 6.20. The van der Waals surface area contributed by atoms with E-state index in [1.165, 1.54) is 11.8 Å². The van der Waals surface area contributed by atoms with Crippen LogP contribution in [0.5, 0.6) is 0 Å². The zero-order chi connectivity index (χ0) is 18.4. The maximum atomic E-state index is 12.0. The number of thioether (sulfide) groups is 1. The number of nitrogens with zero attached hydrogens (tertiary/aromatic N) is 3. The molecular weight excluding hydrogens is 344 g/mol. The highest BCUT2D eigenvalue weighted by molar-refractivity contribution is 8.00. The molecule has 26 heavy (non-hydrogen) atoms. The van der Waals surface area contributed by atoms with E-state index in [4.69, 9.17) is 4.98 Å². The standard InChI is InChI=1S/C20H24N4OS/c1-3-16(19(25)21-2)26-20-22-17(14-10-6-4-7-11-14)18(23-24-20)15-12-8-5-9-13-15/h6,8,10-13,16H,3-5,7,9H2,1-2H3,(H,21,25). The second-order valence-corrected chi connectivity index (χ2v) is 7.37. The van der Waals surface area contributed by atoms with Gasteiger partial charge in [0.05, 0.1) is 5.25 Å². The predicted molar refractivity (Wildman–Crippen MR) is 107 cm³/mol. The van der Waals surface area contributed by atoms with Gasteiger partial charge >= 0.3 is 0 Å². The predicted octanol–water partition coefficient (Wildman–Crippen LogP) is 3.96. The Kier molecular flexibility index (Phi) is 6.39. The van der Waals surface area contributed by atoms with Gasteiger partial charge in [0.15, 0.2) is 0 Å². The van der Waals surface area contributed by atoms with Crippen LogP contribution in [-0.2, 0) is 4.79 Å². The van der Waals surface area contributed by atoms with Crippen LogP contribution in [0.4, 0.5) is 0 Å². The van der Waals surface area contributed by atoms with Gasteiger partial charge in [0.2, 0.25) is 11.1 Å². The lowest BCUT2D eigenvalue weighted by molar-refractivity contribution is -0.120. The van der Waals surface area contributed by atoms with Gasteiger partial charge < -0.3 is 5.32 Å². The molecule has 1 amide bonds. The van der Waals surface area contributed by atoms with E-state index in [0.29, 0.717) is 11.6 Å². The molecular formula is C20H24N4OS. The first-order valence-corrected chi connectivity index (χ1v) is 9.98. The van der Waals surface area contributed by atoms with Gasteiger partial charge in [0.1, 0.15) is 11.4 Å². The van der Waals surface area contributed by atoms with Gasteiger partial charge in [-0.3, -0.25) is 4.79 Å². The van der Waals surface area contributed by atoms with Crippen molar-refractivity contribution < 1.29 is 4.79 Å². The molecule has 1 aromatic rings. The second kappa shape index (κ2) is 8.94. The van der Waals surface area contributed by atoms with Crippen LogP contribution in [0.15, 0.2) is 41.6 Å². The number of carbonyl (C=O) groups excluding carboxylic acids is 1. The number of hydrogen-bond acceptors (Lipinski definition) is 5. The first kappa shape index (κ1) is 18.6. The third-order valence-corrected chi connectivity index (χ3v) is 5.58. The number of allylic oxidation sites excluding steroid dienone is 8. The van der Waals surface area contributed by atoms with Gasteiger partial charge in [-0.2, -0.15) is 0 Å². The molecule has 0 spiro atoms. The molecule has 1 unspecified atom stereocenters. The third-order valence-electron chi connectivity index (χ3n) is 4.36. The molecule has 1 heterocycles. The van der Waals surface area contributed by atoms with E-state index in [2.05, 4.69) is 52.0 Å². The summed E-state index contributed by atoms with van der Waals surface area (Å²) in [5.41, 5.74) is 3.82. The summed E-state index contributed by atoms with van der Waals surface area (Å²) in [5, 5.41) is 11.8. The van der Waals surface area contributed by atoms with Gasteiger partial charge in [-0.25, -0.2) is 4.98 Å². The van der Waals surface area contributed by atoms with E-state index in [9.17, 15) is 4.79 Å². The van der Waals surface area contributed by atoms with Crippen LogP contribution < -0.4 is 5.32 Å². The average molecular weight is 369 g/mol. The Morgan fingerprint density at radius 1 is 1.08 bits per heavy atom. The van der Waals surface area contributed by atoms with E-state index in [-0.39, 0.29) is 11.2 Å². The smallest absolute Gasteiger partial charge is 0.233 e. The molecule has 1 N–H and O–H groups in total. The Labute approximate surface area is 158 Å². The number of amides is 1. The largest absolute Gasteiger partial charge is 0.358 e. The molecule has 6 heteroatoms. The highest BCUT2D eigenvalue weighted by atomic mass is 32.2. The monoisotopic (exact) mass is 368 g/mol. The summed E-state index contributed by atoms with van der Waals surface area (Å²) in [6.45, 7) is 1.99. The van der Waals surface area contributed by atoms with Crippen molar-refractivity contribution in [1.29, 1.82) is 0 Å².